The van der Waals surface area contributed by atoms with E-state index in [1.165, 1.54) is 14.0 Å². The van der Waals surface area contributed by atoms with Crippen LogP contribution < -0.4 is 0 Å². The topological polar surface area (TPSA) is 26.3 Å². The largest absolute Gasteiger partial charge is 0.469 e. The molecular weight excluding hydrogens is 188 g/mol. The van der Waals surface area contributed by atoms with Crippen LogP contribution in [0.1, 0.15) is 46.5 Å². The van der Waals surface area contributed by atoms with Crippen LogP contribution in [0, 0.1) is 23.7 Å². The van der Waals surface area contributed by atoms with Crippen molar-refractivity contribution in [3.63, 3.8) is 0 Å². The van der Waals surface area contributed by atoms with E-state index in [0.29, 0.717) is 0 Å². The van der Waals surface area contributed by atoms with E-state index in [-0.39, 0.29) is 5.97 Å². The SMILES string of the molecule is CC(C)C1CC2CCC1C2.COC(C)=O. The molecule has 0 aromatic carbocycles. The maximum absolute atomic E-state index is 9.59. The van der Waals surface area contributed by atoms with Crippen LogP contribution in [0.15, 0.2) is 0 Å². The van der Waals surface area contributed by atoms with Crippen LogP contribution in [0.5, 0.6) is 0 Å². The molecule has 0 spiro atoms. The van der Waals surface area contributed by atoms with Crippen LogP contribution >= 0.6 is 0 Å². The molecule has 2 saturated carbocycles. The maximum atomic E-state index is 9.59. The average Bonchev–Trinajstić information content (AvgIpc) is 2.79. The van der Waals surface area contributed by atoms with Crippen LogP contribution in [-0.2, 0) is 9.53 Å². The van der Waals surface area contributed by atoms with Gasteiger partial charge in [0.2, 0.25) is 0 Å². The van der Waals surface area contributed by atoms with Crippen molar-refractivity contribution < 1.29 is 9.53 Å². The smallest absolute Gasteiger partial charge is 0.302 e. The quantitative estimate of drug-likeness (QED) is 0.624. The predicted octanol–water partition coefficient (Wildman–Crippen LogP) is 3.26. The van der Waals surface area contributed by atoms with Gasteiger partial charge in [-0.15, -0.1) is 0 Å². The van der Waals surface area contributed by atoms with Crippen LogP contribution in [0.3, 0.4) is 0 Å². The van der Waals surface area contributed by atoms with Gasteiger partial charge in [0, 0.05) is 6.92 Å². The Kier molecular flexibility index (Phi) is 4.62. The second kappa shape index (κ2) is 5.53. The molecule has 0 heterocycles. The monoisotopic (exact) mass is 212 g/mol. The molecule has 0 amide bonds. The van der Waals surface area contributed by atoms with Gasteiger partial charge in [-0.3, -0.25) is 4.79 Å². The van der Waals surface area contributed by atoms with Gasteiger partial charge >= 0.3 is 5.97 Å². The molecule has 2 heteroatoms. The summed E-state index contributed by atoms with van der Waals surface area (Å²) in [5.74, 6) is 4.07. The fraction of sp³-hybridized carbons (Fsp3) is 0.923. The van der Waals surface area contributed by atoms with E-state index in [1.54, 1.807) is 25.7 Å². The normalized spacial score (nSPS) is 32.5. The molecular formula is C13H24O2. The van der Waals surface area contributed by atoms with Gasteiger partial charge in [-0.25, -0.2) is 0 Å². The second-order valence-corrected chi connectivity index (χ2v) is 5.28. The zero-order chi connectivity index (χ0) is 11.4. The highest BCUT2D eigenvalue weighted by Gasteiger charge is 2.40. The van der Waals surface area contributed by atoms with Gasteiger partial charge in [-0.1, -0.05) is 20.3 Å². The Balaban J connectivity index is 0.000000195. The minimum atomic E-state index is -0.245. The third-order valence-corrected chi connectivity index (χ3v) is 3.94. The van der Waals surface area contributed by atoms with E-state index in [2.05, 4.69) is 18.6 Å². The van der Waals surface area contributed by atoms with Crippen molar-refractivity contribution in [1.29, 1.82) is 0 Å². The van der Waals surface area contributed by atoms with Crippen molar-refractivity contribution >= 4 is 5.97 Å². The van der Waals surface area contributed by atoms with Crippen molar-refractivity contribution in [3.8, 4) is 0 Å². The average molecular weight is 212 g/mol. The molecule has 2 aliphatic carbocycles. The molecule has 3 unspecified atom stereocenters. The first kappa shape index (κ1) is 12.5. The zero-order valence-corrected chi connectivity index (χ0v) is 10.5. The summed E-state index contributed by atoms with van der Waals surface area (Å²) in [4.78, 5) is 9.59. The fourth-order valence-corrected chi connectivity index (χ4v) is 3.11. The standard InChI is InChI=1S/C10H18.C3H6O2/c1-7(2)10-6-8-3-4-9(10)5-8;1-3(4)5-2/h7-10H,3-6H2,1-2H3;1-2H3. The van der Waals surface area contributed by atoms with Crippen LogP contribution in [-0.4, -0.2) is 13.1 Å². The highest BCUT2D eigenvalue weighted by atomic mass is 16.5. The van der Waals surface area contributed by atoms with Gasteiger partial charge in [0.25, 0.3) is 0 Å². The molecule has 0 radical (unpaired) electrons. The highest BCUT2D eigenvalue weighted by Crippen LogP contribution is 2.50. The van der Waals surface area contributed by atoms with Gasteiger partial charge < -0.3 is 4.74 Å². The Labute approximate surface area is 93.4 Å². The van der Waals surface area contributed by atoms with Crippen LogP contribution in [0.2, 0.25) is 0 Å². The summed E-state index contributed by atoms with van der Waals surface area (Å²) in [5, 5.41) is 0. The number of carbonyl (C=O) groups is 1. The number of esters is 1. The summed E-state index contributed by atoms with van der Waals surface area (Å²) >= 11 is 0. The van der Waals surface area contributed by atoms with Gasteiger partial charge in [-0.05, 0) is 42.9 Å². The lowest BCUT2D eigenvalue weighted by atomic mass is 9.81. The van der Waals surface area contributed by atoms with Gasteiger partial charge in [-0.2, -0.15) is 0 Å². The second-order valence-electron chi connectivity index (χ2n) is 5.28. The Morgan fingerprint density at radius 1 is 1.27 bits per heavy atom. The summed E-state index contributed by atoms with van der Waals surface area (Å²) < 4.78 is 4.11. The Morgan fingerprint density at radius 2 is 1.87 bits per heavy atom. The van der Waals surface area contributed by atoms with E-state index in [1.807, 2.05) is 0 Å². The van der Waals surface area contributed by atoms with Crippen molar-refractivity contribution in [2.24, 2.45) is 23.7 Å². The molecule has 0 N–H and O–H groups in total. The van der Waals surface area contributed by atoms with Crippen LogP contribution in [0.4, 0.5) is 0 Å². The molecule has 0 aromatic rings. The lowest BCUT2D eigenvalue weighted by Crippen LogP contribution is -2.15. The summed E-state index contributed by atoms with van der Waals surface area (Å²) in [5.41, 5.74) is 0. The van der Waals surface area contributed by atoms with E-state index < -0.39 is 0 Å². The lowest BCUT2D eigenvalue weighted by molar-refractivity contribution is -0.137. The van der Waals surface area contributed by atoms with E-state index in [9.17, 15) is 4.79 Å². The van der Waals surface area contributed by atoms with Gasteiger partial charge in [0.1, 0.15) is 0 Å². The third kappa shape index (κ3) is 3.51. The number of hydrogen-bond donors (Lipinski definition) is 0. The Hall–Kier alpha value is -0.530. The minimum absolute atomic E-state index is 0.245. The van der Waals surface area contributed by atoms with Crippen LogP contribution in [0.25, 0.3) is 0 Å². The first-order valence-electron chi connectivity index (χ1n) is 6.09. The lowest BCUT2D eigenvalue weighted by Gasteiger charge is -2.24. The number of methoxy groups -OCH3 is 1. The van der Waals surface area contributed by atoms with Gasteiger partial charge in [0.15, 0.2) is 0 Å². The number of carbonyl (C=O) groups excluding carboxylic acids is 1. The molecule has 2 rings (SSSR count). The van der Waals surface area contributed by atoms with Crippen molar-refractivity contribution in [2.45, 2.75) is 46.5 Å². The van der Waals surface area contributed by atoms with Crippen molar-refractivity contribution in [2.75, 3.05) is 7.11 Å². The first-order valence-corrected chi connectivity index (χ1v) is 6.09. The molecule has 2 fully saturated rings. The van der Waals surface area contributed by atoms with E-state index in [0.717, 1.165) is 23.7 Å². The van der Waals surface area contributed by atoms with Crippen molar-refractivity contribution in [1.82, 2.24) is 0 Å². The molecule has 88 valence electrons. The molecule has 3 atom stereocenters. The molecule has 2 aliphatic rings. The summed E-state index contributed by atoms with van der Waals surface area (Å²) in [6.45, 7) is 6.15. The molecule has 0 aliphatic heterocycles. The van der Waals surface area contributed by atoms with Gasteiger partial charge in [0.05, 0.1) is 7.11 Å². The summed E-state index contributed by atoms with van der Waals surface area (Å²) in [6.07, 6.45) is 6.23. The molecule has 0 aromatic heterocycles. The number of rotatable bonds is 1. The number of fused-ring (bicyclic) bond motifs is 2. The van der Waals surface area contributed by atoms with E-state index >= 15 is 0 Å². The van der Waals surface area contributed by atoms with E-state index in [4.69, 9.17) is 0 Å². The molecule has 2 bridgehead atoms. The summed E-state index contributed by atoms with van der Waals surface area (Å²) in [7, 11) is 1.35. The Bertz CT molecular complexity index is 211. The fourth-order valence-electron chi connectivity index (χ4n) is 3.11. The predicted molar refractivity (Wildman–Crippen MR) is 61.5 cm³/mol. The third-order valence-electron chi connectivity index (χ3n) is 3.94. The summed E-state index contributed by atoms with van der Waals surface area (Å²) in [6, 6.07) is 0. The number of ether oxygens (including phenoxy) is 1. The number of hydrogen-bond acceptors (Lipinski definition) is 2. The molecule has 15 heavy (non-hydrogen) atoms. The highest BCUT2D eigenvalue weighted by molar-refractivity contribution is 5.65. The van der Waals surface area contributed by atoms with Crippen molar-refractivity contribution in [3.05, 3.63) is 0 Å². The zero-order valence-electron chi connectivity index (χ0n) is 10.5. The Morgan fingerprint density at radius 3 is 2.07 bits per heavy atom. The molecule has 0 saturated heterocycles. The molecule has 2 nitrogen and oxygen atoms in total. The minimum Gasteiger partial charge on any atom is -0.469 e. The maximum Gasteiger partial charge on any atom is 0.302 e. The first-order chi connectivity index (χ1) is 7.04.